The third-order valence-corrected chi connectivity index (χ3v) is 4.96. The van der Waals surface area contributed by atoms with Gasteiger partial charge in [0.15, 0.2) is 0 Å². The van der Waals surface area contributed by atoms with Gasteiger partial charge in [-0.3, -0.25) is 9.88 Å². The Morgan fingerprint density at radius 2 is 2.03 bits per heavy atom. The number of methoxy groups -OCH3 is 1. The van der Waals surface area contributed by atoms with Crippen molar-refractivity contribution in [2.75, 3.05) is 13.7 Å². The number of ether oxygens (including phenoxy) is 1. The van der Waals surface area contributed by atoms with Gasteiger partial charge in [0.1, 0.15) is 17.3 Å². The number of aromatic nitrogens is 3. The molecule has 4 aromatic rings. The summed E-state index contributed by atoms with van der Waals surface area (Å²) in [5, 5.41) is 1.08. The van der Waals surface area contributed by atoms with Crippen LogP contribution in [-0.4, -0.2) is 33.1 Å². The predicted molar refractivity (Wildman–Crippen MR) is 113 cm³/mol. The Bertz CT molecular complexity index is 1060. The minimum atomic E-state index is 0.764. The van der Waals surface area contributed by atoms with E-state index in [2.05, 4.69) is 32.7 Å². The van der Waals surface area contributed by atoms with Gasteiger partial charge in [-0.05, 0) is 49.7 Å². The molecule has 0 atom stereocenters. The van der Waals surface area contributed by atoms with Gasteiger partial charge in [0, 0.05) is 37.4 Å². The predicted octanol–water partition coefficient (Wildman–Crippen LogP) is 4.43. The summed E-state index contributed by atoms with van der Waals surface area (Å²) < 4.78 is 13.2. The molecule has 6 nitrogen and oxygen atoms in total. The Morgan fingerprint density at radius 3 is 2.79 bits per heavy atom. The molecule has 1 aromatic carbocycles. The van der Waals surface area contributed by atoms with E-state index in [1.807, 2.05) is 49.9 Å². The lowest BCUT2D eigenvalue weighted by molar-refractivity contribution is 0.225. The smallest absolute Gasteiger partial charge is 0.119 e. The van der Waals surface area contributed by atoms with Crippen molar-refractivity contribution in [3.63, 3.8) is 0 Å². The van der Waals surface area contributed by atoms with E-state index in [0.717, 1.165) is 66.5 Å². The number of aryl methyl sites for hydroxylation is 2. The molecule has 0 unspecified atom stereocenters. The normalized spacial score (nSPS) is 11.4. The second-order valence-electron chi connectivity index (χ2n) is 7.24. The molecule has 0 saturated carbocycles. The molecule has 0 N–H and O–H groups in total. The molecule has 0 aliphatic carbocycles. The molecule has 29 heavy (non-hydrogen) atoms. The molecule has 6 heteroatoms. The third kappa shape index (κ3) is 5.03. The lowest BCUT2D eigenvalue weighted by Crippen LogP contribution is -2.25. The maximum absolute atomic E-state index is 5.81. The monoisotopic (exact) mass is 390 g/mol. The molecule has 0 aliphatic heterocycles. The van der Waals surface area contributed by atoms with Gasteiger partial charge in [0.2, 0.25) is 0 Å². The Labute approximate surface area is 170 Å². The molecule has 0 spiro atoms. The Morgan fingerprint density at radius 1 is 1.10 bits per heavy atom. The first-order valence-electron chi connectivity index (χ1n) is 9.87. The second kappa shape index (κ2) is 8.92. The Hall–Kier alpha value is -3.12. The van der Waals surface area contributed by atoms with Gasteiger partial charge in [0.05, 0.1) is 31.2 Å². The molecule has 3 heterocycles. The highest BCUT2D eigenvalue weighted by Gasteiger charge is 2.11. The van der Waals surface area contributed by atoms with E-state index >= 15 is 0 Å². The molecular formula is C23H26N4O2. The van der Waals surface area contributed by atoms with Crippen LogP contribution in [0.2, 0.25) is 0 Å². The summed E-state index contributed by atoms with van der Waals surface area (Å²) in [6.07, 6.45) is 6.71. The van der Waals surface area contributed by atoms with E-state index in [4.69, 9.17) is 14.1 Å². The largest absolute Gasteiger partial charge is 0.497 e. The van der Waals surface area contributed by atoms with Crippen LogP contribution in [0.4, 0.5) is 0 Å². The van der Waals surface area contributed by atoms with Crippen molar-refractivity contribution in [2.24, 2.45) is 0 Å². The zero-order valence-corrected chi connectivity index (χ0v) is 16.9. The number of hydrogen-bond acceptors (Lipinski definition) is 5. The number of furan rings is 1. The molecule has 0 bridgehead atoms. The molecule has 0 radical (unpaired) electrons. The van der Waals surface area contributed by atoms with Crippen LogP contribution in [0.25, 0.3) is 10.9 Å². The minimum absolute atomic E-state index is 0.764. The lowest BCUT2D eigenvalue weighted by atomic mass is 10.2. The fourth-order valence-corrected chi connectivity index (χ4v) is 3.49. The van der Waals surface area contributed by atoms with Crippen molar-refractivity contribution in [1.82, 2.24) is 19.4 Å². The first-order valence-corrected chi connectivity index (χ1v) is 9.87. The Balaban J connectivity index is 1.47. The molecule has 0 aliphatic rings. The van der Waals surface area contributed by atoms with Gasteiger partial charge in [-0.15, -0.1) is 0 Å². The first-order chi connectivity index (χ1) is 14.2. The number of nitrogens with zero attached hydrogens (tertiary/aromatic N) is 4. The highest BCUT2D eigenvalue weighted by molar-refractivity contribution is 5.80. The lowest BCUT2D eigenvalue weighted by Gasteiger charge is -2.21. The van der Waals surface area contributed by atoms with Crippen LogP contribution in [0.15, 0.2) is 65.6 Å². The van der Waals surface area contributed by atoms with Crippen molar-refractivity contribution in [3.05, 3.63) is 78.4 Å². The standard InChI is InChI=1S/C23H26N4O2/c1-18-4-7-22(29-18)16-27(12-3-11-26-13-10-24-17-26)15-20-6-5-19-14-21(28-2)8-9-23(19)25-20/h4-10,13-14,17H,3,11-12,15-16H2,1-2H3. The van der Waals surface area contributed by atoms with Gasteiger partial charge >= 0.3 is 0 Å². The number of pyridine rings is 1. The van der Waals surface area contributed by atoms with E-state index in [1.54, 1.807) is 7.11 Å². The van der Waals surface area contributed by atoms with Crippen molar-refractivity contribution in [3.8, 4) is 5.75 Å². The molecule has 3 aromatic heterocycles. The fourth-order valence-electron chi connectivity index (χ4n) is 3.49. The fraction of sp³-hybridized carbons (Fsp3) is 0.304. The maximum Gasteiger partial charge on any atom is 0.119 e. The summed E-state index contributed by atoms with van der Waals surface area (Å²) >= 11 is 0. The molecule has 150 valence electrons. The molecular weight excluding hydrogens is 364 g/mol. The van der Waals surface area contributed by atoms with Crippen molar-refractivity contribution >= 4 is 10.9 Å². The van der Waals surface area contributed by atoms with Gasteiger partial charge in [-0.1, -0.05) is 6.07 Å². The van der Waals surface area contributed by atoms with Crippen LogP contribution in [0, 0.1) is 6.92 Å². The van der Waals surface area contributed by atoms with Crippen molar-refractivity contribution in [2.45, 2.75) is 33.0 Å². The first kappa shape index (κ1) is 19.2. The number of benzene rings is 1. The molecule has 0 amide bonds. The number of rotatable bonds is 9. The zero-order chi connectivity index (χ0) is 20.1. The molecule has 0 fully saturated rings. The van der Waals surface area contributed by atoms with E-state index in [1.165, 1.54) is 0 Å². The summed E-state index contributed by atoms with van der Waals surface area (Å²) in [5.41, 5.74) is 2.03. The van der Waals surface area contributed by atoms with E-state index < -0.39 is 0 Å². The quantitative estimate of drug-likeness (QED) is 0.423. The summed E-state index contributed by atoms with van der Waals surface area (Å²) in [5.74, 6) is 2.77. The van der Waals surface area contributed by atoms with Crippen molar-refractivity contribution in [1.29, 1.82) is 0 Å². The second-order valence-corrected chi connectivity index (χ2v) is 7.24. The third-order valence-electron chi connectivity index (χ3n) is 4.96. The summed E-state index contributed by atoms with van der Waals surface area (Å²) in [4.78, 5) is 11.3. The number of fused-ring (bicyclic) bond motifs is 1. The van der Waals surface area contributed by atoms with Crippen LogP contribution in [0.3, 0.4) is 0 Å². The average molecular weight is 390 g/mol. The van der Waals surface area contributed by atoms with Gasteiger partial charge in [-0.25, -0.2) is 4.98 Å². The van der Waals surface area contributed by atoms with Gasteiger partial charge < -0.3 is 13.7 Å². The summed E-state index contributed by atoms with van der Waals surface area (Å²) in [6.45, 7) is 5.40. The van der Waals surface area contributed by atoms with Crippen LogP contribution in [0.1, 0.15) is 23.6 Å². The maximum atomic E-state index is 5.81. The van der Waals surface area contributed by atoms with Crippen LogP contribution in [0.5, 0.6) is 5.75 Å². The van der Waals surface area contributed by atoms with Crippen LogP contribution < -0.4 is 4.74 Å². The van der Waals surface area contributed by atoms with Crippen molar-refractivity contribution < 1.29 is 9.15 Å². The zero-order valence-electron chi connectivity index (χ0n) is 16.9. The Kier molecular flexibility index (Phi) is 5.91. The molecule has 0 saturated heterocycles. The molecule has 4 rings (SSSR count). The van der Waals surface area contributed by atoms with E-state index in [9.17, 15) is 0 Å². The topological polar surface area (TPSA) is 56.3 Å². The highest BCUT2D eigenvalue weighted by Crippen LogP contribution is 2.20. The summed E-state index contributed by atoms with van der Waals surface area (Å²) in [7, 11) is 1.68. The van der Waals surface area contributed by atoms with Gasteiger partial charge in [0.25, 0.3) is 0 Å². The van der Waals surface area contributed by atoms with Crippen LogP contribution in [-0.2, 0) is 19.6 Å². The summed E-state index contributed by atoms with van der Waals surface area (Å²) in [6, 6.07) is 14.3. The van der Waals surface area contributed by atoms with E-state index in [-0.39, 0.29) is 0 Å². The highest BCUT2D eigenvalue weighted by atomic mass is 16.5. The van der Waals surface area contributed by atoms with Gasteiger partial charge in [-0.2, -0.15) is 0 Å². The average Bonchev–Trinajstić information content (AvgIpc) is 3.39. The number of imidazole rings is 1. The SMILES string of the molecule is COc1ccc2nc(CN(CCCn3ccnc3)Cc3ccc(C)o3)ccc2c1. The number of hydrogen-bond donors (Lipinski definition) is 0. The van der Waals surface area contributed by atoms with Crippen LogP contribution >= 0.6 is 0 Å². The van der Waals surface area contributed by atoms with E-state index in [0.29, 0.717) is 0 Å². The minimum Gasteiger partial charge on any atom is -0.497 e.